The van der Waals surface area contributed by atoms with Crippen molar-refractivity contribution in [3.63, 3.8) is 0 Å². The predicted molar refractivity (Wildman–Crippen MR) is 97.6 cm³/mol. The van der Waals surface area contributed by atoms with Gasteiger partial charge in [-0.3, -0.25) is 4.79 Å². The zero-order valence-electron chi connectivity index (χ0n) is 14.1. The van der Waals surface area contributed by atoms with E-state index in [1.165, 1.54) is 6.42 Å². The second-order valence-corrected chi connectivity index (χ2v) is 7.44. The van der Waals surface area contributed by atoms with E-state index in [1.807, 2.05) is 0 Å². The van der Waals surface area contributed by atoms with Gasteiger partial charge in [-0.05, 0) is 44.2 Å². The Kier molecular flexibility index (Phi) is 5.70. The fourth-order valence-electron chi connectivity index (χ4n) is 3.62. The van der Waals surface area contributed by atoms with Gasteiger partial charge < -0.3 is 10.1 Å². The number of hydrogen-bond acceptors (Lipinski definition) is 3. The summed E-state index contributed by atoms with van der Waals surface area (Å²) in [6.07, 6.45) is 5.24. The number of halogens is 2. The van der Waals surface area contributed by atoms with Crippen molar-refractivity contribution < 1.29 is 14.3 Å². The van der Waals surface area contributed by atoms with Crippen LogP contribution in [0.3, 0.4) is 0 Å². The van der Waals surface area contributed by atoms with Crippen LogP contribution in [0.2, 0.25) is 10.0 Å². The highest BCUT2D eigenvalue weighted by Gasteiger charge is 2.35. The number of benzene rings is 1. The predicted octanol–water partition coefficient (Wildman–Crippen LogP) is 4.75. The number of carbonyl (C=O) groups is 2. The molecule has 2 aliphatic rings. The molecule has 1 aromatic carbocycles. The molecule has 1 amide bonds. The largest absolute Gasteiger partial charge is 0.459 e. The topological polar surface area (TPSA) is 55.4 Å². The molecule has 6 heteroatoms. The maximum atomic E-state index is 12.9. The Bertz CT molecular complexity index is 723. The van der Waals surface area contributed by atoms with Gasteiger partial charge in [0.05, 0.1) is 15.6 Å². The molecule has 1 aliphatic carbocycles. The highest BCUT2D eigenvalue weighted by Crippen LogP contribution is 2.40. The van der Waals surface area contributed by atoms with Crippen LogP contribution >= 0.6 is 23.2 Å². The van der Waals surface area contributed by atoms with E-state index < -0.39 is 5.92 Å². The van der Waals surface area contributed by atoms with Crippen molar-refractivity contribution >= 4 is 35.1 Å². The molecule has 3 rings (SSSR count). The summed E-state index contributed by atoms with van der Waals surface area (Å²) in [6.45, 7) is 1.72. The van der Waals surface area contributed by atoms with Crippen LogP contribution in [0.1, 0.15) is 56.9 Å². The van der Waals surface area contributed by atoms with Crippen LogP contribution in [0.25, 0.3) is 0 Å². The second-order valence-electron chi connectivity index (χ2n) is 6.65. The molecule has 1 unspecified atom stereocenters. The number of carbonyl (C=O) groups excluding carboxylic acids is 2. The molecule has 25 heavy (non-hydrogen) atoms. The highest BCUT2D eigenvalue weighted by molar-refractivity contribution is 6.42. The van der Waals surface area contributed by atoms with Gasteiger partial charge in [0.2, 0.25) is 5.91 Å². The number of nitrogens with one attached hydrogen (secondary N) is 1. The van der Waals surface area contributed by atoms with Crippen molar-refractivity contribution in [2.75, 3.05) is 0 Å². The number of hydrogen-bond donors (Lipinski definition) is 1. The first-order chi connectivity index (χ1) is 12.0. The second kappa shape index (κ2) is 7.79. The number of esters is 1. The molecule has 1 atom stereocenters. The number of allylic oxidation sites excluding steroid dienone is 1. The van der Waals surface area contributed by atoms with E-state index in [4.69, 9.17) is 27.9 Å². The van der Waals surface area contributed by atoms with E-state index in [0.717, 1.165) is 25.7 Å². The molecule has 134 valence electrons. The molecule has 4 nitrogen and oxygen atoms in total. The minimum atomic E-state index is -0.448. The first-order valence-corrected chi connectivity index (χ1v) is 9.38. The van der Waals surface area contributed by atoms with Crippen LogP contribution in [0.4, 0.5) is 0 Å². The normalized spacial score (nSPS) is 21.9. The van der Waals surface area contributed by atoms with E-state index in [0.29, 0.717) is 26.9 Å². The van der Waals surface area contributed by atoms with Crippen LogP contribution in [-0.2, 0) is 14.3 Å². The molecule has 1 saturated carbocycles. The molecular weight excluding hydrogens is 361 g/mol. The lowest BCUT2D eigenvalue weighted by atomic mass is 9.84. The van der Waals surface area contributed by atoms with E-state index in [9.17, 15) is 9.59 Å². The lowest BCUT2D eigenvalue weighted by Crippen LogP contribution is -2.35. The summed E-state index contributed by atoms with van der Waals surface area (Å²) in [7, 11) is 0. The third-order valence-electron chi connectivity index (χ3n) is 4.87. The van der Waals surface area contributed by atoms with Gasteiger partial charge in [0.1, 0.15) is 6.10 Å². The lowest BCUT2D eigenvalue weighted by Gasteiger charge is -2.29. The molecule has 1 aliphatic heterocycles. The van der Waals surface area contributed by atoms with Crippen molar-refractivity contribution in [3.05, 3.63) is 45.1 Å². The van der Waals surface area contributed by atoms with Crippen LogP contribution in [0.5, 0.6) is 0 Å². The molecule has 0 radical (unpaired) electrons. The fraction of sp³-hybridized carbons (Fsp3) is 0.474. The zero-order valence-corrected chi connectivity index (χ0v) is 15.6. The molecule has 1 N–H and O–H groups in total. The molecular formula is C19H21Cl2NO3. The Morgan fingerprint density at radius 3 is 2.64 bits per heavy atom. The van der Waals surface area contributed by atoms with Gasteiger partial charge >= 0.3 is 5.97 Å². The van der Waals surface area contributed by atoms with Gasteiger partial charge in [-0.2, -0.15) is 0 Å². The maximum Gasteiger partial charge on any atom is 0.336 e. The molecule has 0 bridgehead atoms. The molecule has 1 aromatic rings. The van der Waals surface area contributed by atoms with Crippen LogP contribution in [0, 0.1) is 0 Å². The summed E-state index contributed by atoms with van der Waals surface area (Å²) in [5.74, 6) is -0.964. The van der Waals surface area contributed by atoms with E-state index in [-0.39, 0.29) is 24.4 Å². The SMILES string of the molecule is CC1=C(C(=O)OC2CCCCC2)C(c2cccc(Cl)c2Cl)CC(=O)N1. The summed E-state index contributed by atoms with van der Waals surface area (Å²) in [4.78, 5) is 24.9. The summed E-state index contributed by atoms with van der Waals surface area (Å²) in [5, 5.41) is 3.53. The average molecular weight is 382 g/mol. The number of rotatable bonds is 3. The smallest absolute Gasteiger partial charge is 0.336 e. The Morgan fingerprint density at radius 1 is 1.20 bits per heavy atom. The van der Waals surface area contributed by atoms with E-state index in [1.54, 1.807) is 25.1 Å². The summed E-state index contributed by atoms with van der Waals surface area (Å²) in [5.41, 5.74) is 1.67. The van der Waals surface area contributed by atoms with Crippen molar-refractivity contribution in [1.82, 2.24) is 5.32 Å². The van der Waals surface area contributed by atoms with E-state index >= 15 is 0 Å². The Morgan fingerprint density at radius 2 is 1.92 bits per heavy atom. The minimum Gasteiger partial charge on any atom is -0.459 e. The monoisotopic (exact) mass is 381 g/mol. The van der Waals surface area contributed by atoms with Crippen LogP contribution < -0.4 is 5.32 Å². The van der Waals surface area contributed by atoms with E-state index in [2.05, 4.69) is 5.32 Å². The summed E-state index contributed by atoms with van der Waals surface area (Å²) in [6, 6.07) is 5.26. The first-order valence-electron chi connectivity index (χ1n) is 8.63. The number of amides is 1. The molecule has 0 saturated heterocycles. The Hall–Kier alpha value is -1.52. The van der Waals surface area contributed by atoms with Gasteiger partial charge in [0.25, 0.3) is 0 Å². The van der Waals surface area contributed by atoms with Gasteiger partial charge in [0.15, 0.2) is 0 Å². The molecule has 1 fully saturated rings. The van der Waals surface area contributed by atoms with Crippen LogP contribution in [0.15, 0.2) is 29.5 Å². The van der Waals surface area contributed by atoms with Crippen molar-refractivity contribution in [2.24, 2.45) is 0 Å². The zero-order chi connectivity index (χ0) is 18.0. The lowest BCUT2D eigenvalue weighted by molar-refractivity contribution is -0.146. The summed E-state index contributed by atoms with van der Waals surface area (Å²) >= 11 is 12.5. The Labute approximate surface area is 157 Å². The highest BCUT2D eigenvalue weighted by atomic mass is 35.5. The van der Waals surface area contributed by atoms with Gasteiger partial charge in [-0.25, -0.2) is 4.79 Å². The summed E-state index contributed by atoms with van der Waals surface area (Å²) < 4.78 is 5.73. The van der Waals surface area contributed by atoms with Crippen molar-refractivity contribution in [3.8, 4) is 0 Å². The Balaban J connectivity index is 1.92. The van der Waals surface area contributed by atoms with Crippen molar-refractivity contribution in [2.45, 2.75) is 57.5 Å². The third kappa shape index (κ3) is 4.01. The first kappa shape index (κ1) is 18.3. The van der Waals surface area contributed by atoms with Gasteiger partial charge in [0, 0.05) is 18.0 Å². The third-order valence-corrected chi connectivity index (χ3v) is 5.71. The fourth-order valence-corrected chi connectivity index (χ4v) is 4.06. The molecule has 0 aromatic heterocycles. The minimum absolute atomic E-state index is 0.0466. The standard InChI is InChI=1S/C19H21Cl2NO3/c1-11-17(19(24)25-12-6-3-2-4-7-12)14(10-16(23)22-11)13-8-5-9-15(20)18(13)21/h5,8-9,12,14H,2-4,6-7,10H2,1H3,(H,22,23). The van der Waals surface area contributed by atoms with Gasteiger partial charge in [-0.15, -0.1) is 0 Å². The average Bonchev–Trinajstić information content (AvgIpc) is 2.57. The maximum absolute atomic E-state index is 12.9. The van der Waals surface area contributed by atoms with Crippen molar-refractivity contribution in [1.29, 1.82) is 0 Å². The van der Waals surface area contributed by atoms with Gasteiger partial charge in [-0.1, -0.05) is 41.8 Å². The number of ether oxygens (including phenoxy) is 1. The molecule has 0 spiro atoms. The molecule has 1 heterocycles. The quantitative estimate of drug-likeness (QED) is 0.768. The van der Waals surface area contributed by atoms with Crippen LogP contribution in [-0.4, -0.2) is 18.0 Å².